The number of aliphatic hydroxyl groups excluding tert-OH is 1. The molecule has 3 heteroatoms. The Morgan fingerprint density at radius 2 is 1.36 bits per heavy atom. The SMILES string of the molecule is CC(C)(C)C(=O)O[C@@H](c1ccccc1)[C@H](O)c1ccccc1. The van der Waals surface area contributed by atoms with E-state index in [-0.39, 0.29) is 5.97 Å². The Kier molecular flexibility index (Phi) is 4.99. The summed E-state index contributed by atoms with van der Waals surface area (Å²) in [4.78, 5) is 12.3. The molecule has 0 fully saturated rings. The Morgan fingerprint density at radius 1 is 0.909 bits per heavy atom. The molecule has 1 N–H and O–H groups in total. The Bertz CT molecular complexity index is 600. The van der Waals surface area contributed by atoms with Crippen molar-refractivity contribution in [2.75, 3.05) is 0 Å². The van der Waals surface area contributed by atoms with Gasteiger partial charge in [-0.3, -0.25) is 4.79 Å². The number of esters is 1. The van der Waals surface area contributed by atoms with Crippen LogP contribution in [0.2, 0.25) is 0 Å². The molecule has 3 nitrogen and oxygen atoms in total. The minimum atomic E-state index is -0.908. The van der Waals surface area contributed by atoms with Crippen LogP contribution in [0.1, 0.15) is 44.1 Å². The first-order chi connectivity index (χ1) is 10.4. The molecule has 22 heavy (non-hydrogen) atoms. The Hall–Kier alpha value is -2.13. The Labute approximate surface area is 131 Å². The summed E-state index contributed by atoms with van der Waals surface area (Å²) in [5.74, 6) is -0.337. The van der Waals surface area contributed by atoms with E-state index in [0.29, 0.717) is 0 Å². The highest BCUT2D eigenvalue weighted by Crippen LogP contribution is 2.34. The van der Waals surface area contributed by atoms with Crippen molar-refractivity contribution in [2.45, 2.75) is 33.0 Å². The van der Waals surface area contributed by atoms with E-state index in [0.717, 1.165) is 11.1 Å². The number of hydrogen-bond donors (Lipinski definition) is 1. The lowest BCUT2D eigenvalue weighted by Gasteiger charge is -2.27. The predicted octanol–water partition coefficient (Wildman–Crippen LogP) is 4.05. The fourth-order valence-corrected chi connectivity index (χ4v) is 2.07. The molecular formula is C19H22O3. The van der Waals surface area contributed by atoms with Gasteiger partial charge in [0.25, 0.3) is 0 Å². The van der Waals surface area contributed by atoms with E-state index in [1.165, 1.54) is 0 Å². The van der Waals surface area contributed by atoms with Gasteiger partial charge in [-0.15, -0.1) is 0 Å². The Balaban J connectivity index is 2.32. The average Bonchev–Trinajstić information content (AvgIpc) is 2.52. The van der Waals surface area contributed by atoms with Crippen LogP contribution in [0.25, 0.3) is 0 Å². The zero-order valence-electron chi connectivity index (χ0n) is 13.2. The molecule has 0 aliphatic carbocycles. The smallest absolute Gasteiger partial charge is 0.311 e. The standard InChI is InChI=1S/C19H22O3/c1-19(2,3)18(21)22-17(15-12-8-5-9-13-15)16(20)14-10-6-4-7-11-14/h4-13,16-17,20H,1-3H3/t16-,17+/m1/s1. The zero-order chi connectivity index (χ0) is 16.2. The summed E-state index contributed by atoms with van der Waals surface area (Å²) >= 11 is 0. The molecule has 0 unspecified atom stereocenters. The maximum atomic E-state index is 12.3. The monoisotopic (exact) mass is 298 g/mol. The van der Waals surface area contributed by atoms with Gasteiger partial charge in [0.05, 0.1) is 5.41 Å². The minimum absolute atomic E-state index is 0.337. The van der Waals surface area contributed by atoms with Crippen LogP contribution in [0.4, 0.5) is 0 Å². The maximum absolute atomic E-state index is 12.3. The van der Waals surface area contributed by atoms with Gasteiger partial charge < -0.3 is 9.84 Å². The van der Waals surface area contributed by atoms with E-state index < -0.39 is 17.6 Å². The maximum Gasteiger partial charge on any atom is 0.311 e. The summed E-state index contributed by atoms with van der Waals surface area (Å²) in [7, 11) is 0. The molecule has 0 bridgehead atoms. The zero-order valence-corrected chi connectivity index (χ0v) is 13.2. The minimum Gasteiger partial charge on any atom is -0.454 e. The number of aliphatic hydroxyl groups is 1. The quantitative estimate of drug-likeness (QED) is 0.866. The van der Waals surface area contributed by atoms with Gasteiger partial charge in [-0.2, -0.15) is 0 Å². The van der Waals surface area contributed by atoms with Gasteiger partial charge >= 0.3 is 5.97 Å². The van der Waals surface area contributed by atoms with Crippen molar-refractivity contribution in [2.24, 2.45) is 5.41 Å². The first-order valence-electron chi connectivity index (χ1n) is 7.38. The molecule has 0 saturated carbocycles. The summed E-state index contributed by atoms with van der Waals surface area (Å²) in [6.45, 7) is 5.39. The van der Waals surface area contributed by atoms with Gasteiger partial charge in [0.15, 0.2) is 6.10 Å². The topological polar surface area (TPSA) is 46.5 Å². The van der Waals surface area contributed by atoms with E-state index >= 15 is 0 Å². The summed E-state index contributed by atoms with van der Waals surface area (Å²) in [6, 6.07) is 18.6. The van der Waals surface area contributed by atoms with Gasteiger partial charge in [-0.25, -0.2) is 0 Å². The number of carbonyl (C=O) groups excluding carboxylic acids is 1. The van der Waals surface area contributed by atoms with Crippen molar-refractivity contribution < 1.29 is 14.6 Å². The predicted molar refractivity (Wildman–Crippen MR) is 86.1 cm³/mol. The van der Waals surface area contributed by atoms with E-state index in [2.05, 4.69) is 0 Å². The fourth-order valence-electron chi connectivity index (χ4n) is 2.07. The van der Waals surface area contributed by atoms with Gasteiger partial charge in [0.1, 0.15) is 6.10 Å². The molecule has 0 aromatic heterocycles. The van der Waals surface area contributed by atoms with Crippen LogP contribution in [0, 0.1) is 5.41 Å². The highest BCUT2D eigenvalue weighted by Gasteiger charge is 2.31. The molecule has 116 valence electrons. The molecule has 2 aromatic carbocycles. The number of ether oxygens (including phenoxy) is 1. The second-order valence-electron chi connectivity index (χ2n) is 6.34. The largest absolute Gasteiger partial charge is 0.454 e. The first kappa shape index (κ1) is 16.2. The highest BCUT2D eigenvalue weighted by molar-refractivity contribution is 5.75. The molecule has 0 aliphatic rings. The normalized spacial score (nSPS) is 14.2. The van der Waals surface area contributed by atoms with Crippen molar-refractivity contribution in [3.8, 4) is 0 Å². The van der Waals surface area contributed by atoms with E-state index in [1.807, 2.05) is 60.7 Å². The third-order valence-corrected chi connectivity index (χ3v) is 3.40. The van der Waals surface area contributed by atoms with Crippen molar-refractivity contribution in [3.63, 3.8) is 0 Å². The van der Waals surface area contributed by atoms with Crippen LogP contribution < -0.4 is 0 Å². The molecule has 0 heterocycles. The highest BCUT2D eigenvalue weighted by atomic mass is 16.6. The molecule has 0 spiro atoms. The number of carbonyl (C=O) groups is 1. The van der Waals surface area contributed by atoms with Crippen LogP contribution in [-0.2, 0) is 9.53 Å². The van der Waals surface area contributed by atoms with Gasteiger partial charge in [-0.05, 0) is 31.9 Å². The molecule has 2 atom stereocenters. The molecule has 2 aromatic rings. The molecule has 0 amide bonds. The van der Waals surface area contributed by atoms with Crippen molar-refractivity contribution in [1.29, 1.82) is 0 Å². The van der Waals surface area contributed by atoms with Crippen LogP contribution in [-0.4, -0.2) is 11.1 Å². The first-order valence-corrected chi connectivity index (χ1v) is 7.38. The third-order valence-electron chi connectivity index (χ3n) is 3.40. The van der Waals surface area contributed by atoms with Gasteiger partial charge in [-0.1, -0.05) is 60.7 Å². The lowest BCUT2D eigenvalue weighted by molar-refractivity contribution is -0.165. The molecule has 0 radical (unpaired) electrons. The Morgan fingerprint density at radius 3 is 1.82 bits per heavy atom. The number of benzene rings is 2. The molecule has 0 saturated heterocycles. The second-order valence-corrected chi connectivity index (χ2v) is 6.34. The third kappa shape index (κ3) is 3.95. The van der Waals surface area contributed by atoms with Crippen molar-refractivity contribution in [3.05, 3.63) is 71.8 Å². The molecule has 0 aliphatic heterocycles. The number of rotatable bonds is 4. The van der Waals surface area contributed by atoms with E-state index in [1.54, 1.807) is 20.8 Å². The van der Waals surface area contributed by atoms with Crippen molar-refractivity contribution in [1.82, 2.24) is 0 Å². The van der Waals surface area contributed by atoms with Gasteiger partial charge in [0.2, 0.25) is 0 Å². The van der Waals surface area contributed by atoms with Gasteiger partial charge in [0, 0.05) is 0 Å². The fraction of sp³-hybridized carbons (Fsp3) is 0.316. The lowest BCUT2D eigenvalue weighted by Crippen LogP contribution is -2.27. The van der Waals surface area contributed by atoms with E-state index in [4.69, 9.17) is 4.74 Å². The van der Waals surface area contributed by atoms with Crippen LogP contribution in [0.3, 0.4) is 0 Å². The second kappa shape index (κ2) is 6.75. The van der Waals surface area contributed by atoms with E-state index in [9.17, 15) is 9.90 Å². The summed E-state index contributed by atoms with van der Waals surface area (Å²) < 4.78 is 5.63. The average molecular weight is 298 g/mol. The number of hydrogen-bond acceptors (Lipinski definition) is 3. The van der Waals surface area contributed by atoms with Crippen LogP contribution in [0.15, 0.2) is 60.7 Å². The lowest BCUT2D eigenvalue weighted by atomic mass is 9.95. The molecular weight excluding hydrogens is 276 g/mol. The molecule has 2 rings (SSSR count). The van der Waals surface area contributed by atoms with Crippen LogP contribution >= 0.6 is 0 Å². The summed E-state index contributed by atoms with van der Waals surface area (Å²) in [6.07, 6.45) is -1.63. The summed E-state index contributed by atoms with van der Waals surface area (Å²) in [5.41, 5.74) is 0.873. The van der Waals surface area contributed by atoms with Crippen molar-refractivity contribution >= 4 is 5.97 Å². The van der Waals surface area contributed by atoms with Crippen LogP contribution in [0.5, 0.6) is 0 Å². The summed E-state index contributed by atoms with van der Waals surface area (Å²) in [5, 5.41) is 10.7.